The number of isothiocyanates is 1. The second-order valence-corrected chi connectivity index (χ2v) is 6.05. The van der Waals surface area contributed by atoms with Gasteiger partial charge in [-0.25, -0.2) is 8.78 Å². The minimum Gasteiger partial charge on any atom is -0.206 e. The molecule has 0 amide bonds. The predicted octanol–water partition coefficient (Wildman–Crippen LogP) is 6.33. The van der Waals surface area contributed by atoms with Gasteiger partial charge in [-0.2, -0.15) is 4.99 Å². The van der Waals surface area contributed by atoms with Gasteiger partial charge in [0.1, 0.15) is 11.6 Å². The van der Waals surface area contributed by atoms with Crippen LogP contribution < -0.4 is 0 Å². The Kier molecular flexibility index (Phi) is 5.88. The lowest BCUT2D eigenvalue weighted by atomic mass is 10.0. The van der Waals surface area contributed by atoms with Crippen molar-refractivity contribution in [2.45, 2.75) is 13.3 Å². The fraction of sp³-hybridized carbons (Fsp3) is 0.0870. The van der Waals surface area contributed by atoms with Gasteiger partial charge in [-0.05, 0) is 54.0 Å². The maximum Gasteiger partial charge on any atom is 0.136 e. The summed E-state index contributed by atoms with van der Waals surface area (Å²) in [6.45, 7) is 2.10. The second kappa shape index (κ2) is 8.51. The van der Waals surface area contributed by atoms with E-state index in [0.29, 0.717) is 5.56 Å². The summed E-state index contributed by atoms with van der Waals surface area (Å²) >= 11 is 4.46. The van der Waals surface area contributed by atoms with E-state index in [4.69, 9.17) is 0 Å². The third-order valence-corrected chi connectivity index (χ3v) is 4.18. The van der Waals surface area contributed by atoms with Gasteiger partial charge in [0, 0.05) is 23.3 Å². The molecule has 0 unspecified atom stereocenters. The lowest BCUT2D eigenvalue weighted by molar-refractivity contribution is 0.590. The standard InChI is InChI=1S/C23H15F2NS/c1-2-16-3-5-17(6-4-16)7-8-18-9-11-19(12-10-18)23-21(24)13-20(26-15-27)14-22(23)25/h3-6,9-14H,2H2,1H3. The van der Waals surface area contributed by atoms with Crippen molar-refractivity contribution in [3.63, 3.8) is 0 Å². The first-order chi connectivity index (χ1) is 13.1. The van der Waals surface area contributed by atoms with E-state index >= 15 is 0 Å². The van der Waals surface area contributed by atoms with Crippen LogP contribution in [0.2, 0.25) is 0 Å². The molecule has 0 spiro atoms. The minimum absolute atomic E-state index is 0.0975. The summed E-state index contributed by atoms with van der Waals surface area (Å²) < 4.78 is 28.5. The molecule has 3 aromatic carbocycles. The molecule has 27 heavy (non-hydrogen) atoms. The van der Waals surface area contributed by atoms with Crippen LogP contribution in [-0.4, -0.2) is 5.16 Å². The third-order valence-electron chi connectivity index (χ3n) is 4.09. The van der Waals surface area contributed by atoms with Gasteiger partial charge < -0.3 is 0 Å². The molecule has 0 heterocycles. The van der Waals surface area contributed by atoms with Crippen molar-refractivity contribution in [1.82, 2.24) is 0 Å². The Balaban J connectivity index is 1.86. The summed E-state index contributed by atoms with van der Waals surface area (Å²) in [6, 6.07) is 17.1. The first-order valence-electron chi connectivity index (χ1n) is 8.39. The highest BCUT2D eigenvalue weighted by molar-refractivity contribution is 7.78. The molecule has 0 aliphatic rings. The lowest BCUT2D eigenvalue weighted by Crippen LogP contribution is -1.90. The van der Waals surface area contributed by atoms with E-state index in [1.807, 2.05) is 12.1 Å². The van der Waals surface area contributed by atoms with Gasteiger partial charge >= 0.3 is 0 Å². The largest absolute Gasteiger partial charge is 0.206 e. The SMILES string of the molecule is CCc1ccc(C#Cc2ccc(-c3c(F)cc(N=C=S)cc3F)cc2)cc1. The molecule has 1 nitrogen and oxygen atoms in total. The van der Waals surface area contributed by atoms with Crippen molar-refractivity contribution in [3.05, 3.63) is 89.0 Å². The van der Waals surface area contributed by atoms with Crippen LogP contribution in [0.5, 0.6) is 0 Å². The number of rotatable bonds is 3. The van der Waals surface area contributed by atoms with Gasteiger partial charge in [-0.15, -0.1) is 0 Å². The molecule has 0 bridgehead atoms. The highest BCUT2D eigenvalue weighted by Crippen LogP contribution is 2.30. The van der Waals surface area contributed by atoms with Crippen LogP contribution in [0.3, 0.4) is 0 Å². The van der Waals surface area contributed by atoms with Crippen molar-refractivity contribution in [3.8, 4) is 23.0 Å². The molecule has 0 atom stereocenters. The molecular formula is C23H15F2NS. The Morgan fingerprint density at radius 1 is 0.852 bits per heavy atom. The molecule has 0 saturated heterocycles. The zero-order valence-corrected chi connectivity index (χ0v) is 15.4. The van der Waals surface area contributed by atoms with Crippen molar-refractivity contribution < 1.29 is 8.78 Å². The summed E-state index contributed by atoms with van der Waals surface area (Å²) in [7, 11) is 0. The van der Waals surface area contributed by atoms with Gasteiger partial charge in [0.25, 0.3) is 0 Å². The Morgan fingerprint density at radius 3 is 1.85 bits per heavy atom. The number of aryl methyl sites for hydroxylation is 1. The van der Waals surface area contributed by atoms with E-state index in [0.717, 1.165) is 29.7 Å². The molecule has 3 rings (SSSR count). The van der Waals surface area contributed by atoms with E-state index in [2.05, 4.69) is 53.3 Å². The van der Waals surface area contributed by atoms with Gasteiger partial charge in [0.15, 0.2) is 0 Å². The van der Waals surface area contributed by atoms with Crippen LogP contribution in [0.1, 0.15) is 23.6 Å². The van der Waals surface area contributed by atoms with Gasteiger partial charge in [-0.1, -0.05) is 43.0 Å². The maximum absolute atomic E-state index is 14.3. The van der Waals surface area contributed by atoms with E-state index < -0.39 is 11.6 Å². The summed E-state index contributed by atoms with van der Waals surface area (Å²) in [5.41, 5.74) is 3.37. The number of benzene rings is 3. The van der Waals surface area contributed by atoms with Crippen LogP contribution >= 0.6 is 12.2 Å². The van der Waals surface area contributed by atoms with Crippen molar-refractivity contribution in [2.24, 2.45) is 4.99 Å². The van der Waals surface area contributed by atoms with Gasteiger partial charge in [0.05, 0.1) is 16.4 Å². The number of nitrogens with zero attached hydrogens (tertiary/aromatic N) is 1. The molecule has 0 radical (unpaired) electrons. The monoisotopic (exact) mass is 375 g/mol. The van der Waals surface area contributed by atoms with Crippen LogP contribution in [0.4, 0.5) is 14.5 Å². The average Bonchev–Trinajstić information content (AvgIpc) is 2.67. The fourth-order valence-corrected chi connectivity index (χ4v) is 2.75. The van der Waals surface area contributed by atoms with Crippen molar-refractivity contribution in [2.75, 3.05) is 0 Å². The van der Waals surface area contributed by atoms with Crippen molar-refractivity contribution >= 4 is 23.1 Å². The van der Waals surface area contributed by atoms with E-state index in [-0.39, 0.29) is 11.3 Å². The van der Waals surface area contributed by atoms with Crippen LogP contribution in [0, 0.1) is 23.5 Å². The summed E-state index contributed by atoms with van der Waals surface area (Å²) in [5.74, 6) is 4.75. The Morgan fingerprint density at radius 2 is 1.37 bits per heavy atom. The molecule has 0 N–H and O–H groups in total. The molecule has 0 aliphatic carbocycles. The molecule has 0 saturated carbocycles. The highest BCUT2D eigenvalue weighted by Gasteiger charge is 2.13. The zero-order chi connectivity index (χ0) is 19.2. The number of hydrogen-bond acceptors (Lipinski definition) is 2. The van der Waals surface area contributed by atoms with Crippen molar-refractivity contribution in [1.29, 1.82) is 0 Å². The van der Waals surface area contributed by atoms with Crippen LogP contribution in [0.25, 0.3) is 11.1 Å². The molecule has 132 valence electrons. The fourth-order valence-electron chi connectivity index (χ4n) is 2.64. The Hall–Kier alpha value is -3.12. The second-order valence-electron chi connectivity index (χ2n) is 5.87. The highest BCUT2D eigenvalue weighted by atomic mass is 32.1. The summed E-state index contributed by atoms with van der Waals surface area (Å²) in [4.78, 5) is 3.61. The van der Waals surface area contributed by atoms with E-state index in [9.17, 15) is 8.78 Å². The number of aliphatic imine (C=N–C) groups is 1. The first-order valence-corrected chi connectivity index (χ1v) is 8.80. The Bertz CT molecular complexity index is 1050. The van der Waals surface area contributed by atoms with Gasteiger partial charge in [-0.3, -0.25) is 0 Å². The molecule has 4 heteroatoms. The number of thiocarbonyl (C=S) groups is 1. The smallest absolute Gasteiger partial charge is 0.136 e. The first kappa shape index (κ1) is 18.7. The topological polar surface area (TPSA) is 12.4 Å². The number of hydrogen-bond donors (Lipinski definition) is 0. The number of halogens is 2. The minimum atomic E-state index is -0.700. The summed E-state index contributed by atoms with van der Waals surface area (Å²) in [5, 5.41) is 2.10. The molecule has 0 fully saturated rings. The summed E-state index contributed by atoms with van der Waals surface area (Å²) in [6.07, 6.45) is 0.987. The van der Waals surface area contributed by atoms with Gasteiger partial charge in [0.2, 0.25) is 0 Å². The zero-order valence-electron chi connectivity index (χ0n) is 14.6. The normalized spacial score (nSPS) is 9.89. The Labute approximate surface area is 162 Å². The maximum atomic E-state index is 14.3. The molecule has 0 aliphatic heterocycles. The molecule has 3 aromatic rings. The van der Waals surface area contributed by atoms with Crippen LogP contribution in [0.15, 0.2) is 65.7 Å². The van der Waals surface area contributed by atoms with Crippen LogP contribution in [-0.2, 0) is 6.42 Å². The molecule has 0 aromatic heterocycles. The predicted molar refractivity (Wildman–Crippen MR) is 108 cm³/mol. The molecular weight excluding hydrogens is 360 g/mol. The third kappa shape index (κ3) is 4.54. The quantitative estimate of drug-likeness (QED) is 0.296. The van der Waals surface area contributed by atoms with E-state index in [1.54, 1.807) is 24.3 Å². The lowest BCUT2D eigenvalue weighted by Gasteiger charge is -2.06. The van der Waals surface area contributed by atoms with E-state index in [1.165, 1.54) is 5.56 Å². The average molecular weight is 375 g/mol.